The van der Waals surface area contributed by atoms with E-state index in [1.807, 2.05) is 23.9 Å². The second-order valence-corrected chi connectivity index (χ2v) is 4.32. The first-order valence-electron chi connectivity index (χ1n) is 6.48. The van der Waals surface area contributed by atoms with Crippen LogP contribution in [0.5, 0.6) is 5.75 Å². The summed E-state index contributed by atoms with van der Waals surface area (Å²) < 4.78 is 7.44. The Hall–Kier alpha value is -1.88. The number of rotatable bonds is 6. The maximum atomic E-state index is 5.44. The van der Waals surface area contributed by atoms with Crippen LogP contribution in [0.3, 0.4) is 0 Å². The van der Waals surface area contributed by atoms with Gasteiger partial charge < -0.3 is 10.1 Å². The van der Waals surface area contributed by atoms with Crippen molar-refractivity contribution in [2.45, 2.75) is 25.9 Å². The fraction of sp³-hybridized carbons (Fsp3) is 0.429. The van der Waals surface area contributed by atoms with Crippen LogP contribution in [0, 0.1) is 0 Å². The van der Waals surface area contributed by atoms with E-state index >= 15 is 0 Å². The summed E-state index contributed by atoms with van der Waals surface area (Å²) in [6, 6.07) is 4.06. The maximum Gasteiger partial charge on any atom is 0.161 e. The molecule has 0 saturated heterocycles. The molecular weight excluding hydrogens is 240 g/mol. The molecule has 0 saturated carbocycles. The molecule has 2 aromatic heterocycles. The van der Waals surface area contributed by atoms with Crippen molar-refractivity contribution in [2.75, 3.05) is 14.2 Å². The summed E-state index contributed by atoms with van der Waals surface area (Å²) in [5, 5.41) is 7.73. The van der Waals surface area contributed by atoms with Crippen LogP contribution in [-0.4, -0.2) is 28.9 Å². The van der Waals surface area contributed by atoms with E-state index in [0.717, 1.165) is 30.0 Å². The van der Waals surface area contributed by atoms with Crippen LogP contribution < -0.4 is 10.1 Å². The molecule has 0 spiro atoms. The third kappa shape index (κ3) is 2.76. The number of nitrogens with one attached hydrogen (secondary N) is 1. The van der Waals surface area contributed by atoms with E-state index in [-0.39, 0.29) is 6.04 Å². The molecule has 0 radical (unpaired) electrons. The van der Waals surface area contributed by atoms with Crippen LogP contribution in [0.4, 0.5) is 0 Å². The average molecular weight is 260 g/mol. The van der Waals surface area contributed by atoms with Crippen LogP contribution >= 0.6 is 0 Å². The van der Waals surface area contributed by atoms with Gasteiger partial charge in [0.15, 0.2) is 5.75 Å². The minimum Gasteiger partial charge on any atom is -0.493 e. The van der Waals surface area contributed by atoms with E-state index in [0.29, 0.717) is 0 Å². The second-order valence-electron chi connectivity index (χ2n) is 4.32. The van der Waals surface area contributed by atoms with E-state index in [4.69, 9.17) is 4.74 Å². The third-order valence-corrected chi connectivity index (χ3v) is 3.10. The van der Waals surface area contributed by atoms with Gasteiger partial charge in [0.2, 0.25) is 0 Å². The quantitative estimate of drug-likeness (QED) is 0.863. The SMILES string of the molecule is CCCn1ncc(OC)c1C(NC)c1ccncc1. The number of hydrogen-bond acceptors (Lipinski definition) is 4. The molecular formula is C14H20N4O. The zero-order valence-corrected chi connectivity index (χ0v) is 11.6. The molecule has 1 unspecified atom stereocenters. The largest absolute Gasteiger partial charge is 0.493 e. The molecule has 0 aliphatic heterocycles. The number of nitrogens with zero attached hydrogens (tertiary/aromatic N) is 3. The molecule has 2 heterocycles. The van der Waals surface area contributed by atoms with Gasteiger partial charge in [0.1, 0.15) is 5.69 Å². The second kappa shape index (κ2) is 6.33. The van der Waals surface area contributed by atoms with Gasteiger partial charge in [-0.1, -0.05) is 6.92 Å². The summed E-state index contributed by atoms with van der Waals surface area (Å²) in [4.78, 5) is 4.06. The molecule has 0 fully saturated rings. The van der Waals surface area contributed by atoms with E-state index < -0.39 is 0 Å². The molecule has 0 aliphatic rings. The minimum atomic E-state index is 0.0481. The molecule has 19 heavy (non-hydrogen) atoms. The van der Waals surface area contributed by atoms with Gasteiger partial charge in [-0.05, 0) is 31.2 Å². The monoisotopic (exact) mass is 260 g/mol. The summed E-state index contributed by atoms with van der Waals surface area (Å²) in [6.07, 6.45) is 6.40. The first-order chi connectivity index (χ1) is 9.31. The summed E-state index contributed by atoms with van der Waals surface area (Å²) in [5.74, 6) is 0.810. The van der Waals surface area contributed by atoms with Gasteiger partial charge in [-0.3, -0.25) is 9.67 Å². The Morgan fingerprint density at radius 2 is 2.11 bits per heavy atom. The highest BCUT2D eigenvalue weighted by Gasteiger charge is 2.21. The Morgan fingerprint density at radius 3 is 2.68 bits per heavy atom. The fourth-order valence-corrected chi connectivity index (χ4v) is 2.23. The number of aromatic nitrogens is 3. The first kappa shape index (κ1) is 13.5. The van der Waals surface area contributed by atoms with Crippen molar-refractivity contribution in [1.82, 2.24) is 20.1 Å². The Labute approximate surface area is 113 Å². The molecule has 102 valence electrons. The minimum absolute atomic E-state index is 0.0481. The van der Waals surface area contributed by atoms with Crippen molar-refractivity contribution >= 4 is 0 Å². The lowest BCUT2D eigenvalue weighted by molar-refractivity contribution is 0.400. The van der Waals surface area contributed by atoms with Gasteiger partial charge in [-0.25, -0.2) is 0 Å². The van der Waals surface area contributed by atoms with Crippen LogP contribution in [0.2, 0.25) is 0 Å². The van der Waals surface area contributed by atoms with Gasteiger partial charge in [-0.2, -0.15) is 5.10 Å². The smallest absolute Gasteiger partial charge is 0.161 e. The van der Waals surface area contributed by atoms with E-state index in [9.17, 15) is 0 Å². The summed E-state index contributed by atoms with van der Waals surface area (Å²) in [6.45, 7) is 3.01. The average Bonchev–Trinajstić information content (AvgIpc) is 2.85. The Balaban J connectivity index is 2.45. The van der Waals surface area contributed by atoms with Crippen LogP contribution in [0.1, 0.15) is 30.6 Å². The van der Waals surface area contributed by atoms with Gasteiger partial charge in [0.25, 0.3) is 0 Å². The maximum absolute atomic E-state index is 5.44. The van der Waals surface area contributed by atoms with Crippen molar-refractivity contribution in [1.29, 1.82) is 0 Å². The topological polar surface area (TPSA) is 52.0 Å². The van der Waals surface area contributed by atoms with Crippen molar-refractivity contribution in [3.05, 3.63) is 42.0 Å². The zero-order chi connectivity index (χ0) is 13.7. The molecule has 0 aromatic carbocycles. The first-order valence-corrected chi connectivity index (χ1v) is 6.48. The highest BCUT2D eigenvalue weighted by Crippen LogP contribution is 2.29. The third-order valence-electron chi connectivity index (χ3n) is 3.10. The van der Waals surface area contributed by atoms with Crippen LogP contribution in [0.25, 0.3) is 0 Å². The number of ether oxygens (including phenoxy) is 1. The standard InChI is InChI=1S/C14H20N4O/c1-4-9-18-14(12(19-3)10-17-18)13(15-2)11-5-7-16-8-6-11/h5-8,10,13,15H,4,9H2,1-3H3. The van der Waals surface area contributed by atoms with Crippen molar-refractivity contribution in [3.8, 4) is 5.75 Å². The molecule has 2 rings (SSSR count). The summed E-state index contributed by atoms with van der Waals surface area (Å²) in [5.41, 5.74) is 2.20. The van der Waals surface area contributed by atoms with Crippen LogP contribution in [0.15, 0.2) is 30.7 Å². The predicted octanol–water partition coefficient (Wildman–Crippen LogP) is 2.01. The van der Waals surface area contributed by atoms with E-state index in [2.05, 4.69) is 22.3 Å². The molecule has 1 atom stereocenters. The predicted molar refractivity (Wildman–Crippen MR) is 74.2 cm³/mol. The van der Waals surface area contributed by atoms with Gasteiger partial charge >= 0.3 is 0 Å². The Morgan fingerprint density at radius 1 is 1.37 bits per heavy atom. The van der Waals surface area contributed by atoms with Crippen molar-refractivity contribution in [2.24, 2.45) is 0 Å². The number of hydrogen-bond donors (Lipinski definition) is 1. The molecule has 5 heteroatoms. The normalized spacial score (nSPS) is 12.4. The molecule has 5 nitrogen and oxygen atoms in total. The molecule has 2 aromatic rings. The van der Waals surface area contributed by atoms with Gasteiger partial charge in [0, 0.05) is 18.9 Å². The summed E-state index contributed by atoms with van der Waals surface area (Å²) in [7, 11) is 3.61. The number of methoxy groups -OCH3 is 1. The molecule has 1 N–H and O–H groups in total. The Kier molecular flexibility index (Phi) is 4.52. The number of aryl methyl sites for hydroxylation is 1. The highest BCUT2D eigenvalue weighted by atomic mass is 16.5. The summed E-state index contributed by atoms with van der Waals surface area (Å²) >= 11 is 0. The molecule has 0 amide bonds. The molecule has 0 aliphatic carbocycles. The molecule has 0 bridgehead atoms. The van der Waals surface area contributed by atoms with Crippen molar-refractivity contribution in [3.63, 3.8) is 0 Å². The van der Waals surface area contributed by atoms with Gasteiger partial charge in [-0.15, -0.1) is 0 Å². The van der Waals surface area contributed by atoms with Crippen LogP contribution in [-0.2, 0) is 6.54 Å². The lowest BCUT2D eigenvalue weighted by Gasteiger charge is -2.19. The lowest BCUT2D eigenvalue weighted by Crippen LogP contribution is -2.22. The van der Waals surface area contributed by atoms with Gasteiger partial charge in [0.05, 0.1) is 19.3 Å². The zero-order valence-electron chi connectivity index (χ0n) is 11.6. The van der Waals surface area contributed by atoms with Crippen molar-refractivity contribution < 1.29 is 4.74 Å². The van der Waals surface area contributed by atoms with E-state index in [1.165, 1.54) is 0 Å². The highest BCUT2D eigenvalue weighted by molar-refractivity contribution is 5.35. The Bertz CT molecular complexity index is 509. The van der Waals surface area contributed by atoms with E-state index in [1.54, 1.807) is 25.7 Å². The fourth-order valence-electron chi connectivity index (χ4n) is 2.23. The number of pyridine rings is 1. The lowest BCUT2D eigenvalue weighted by atomic mass is 10.0.